The molecule has 8 nitrogen and oxygen atoms in total. The van der Waals surface area contributed by atoms with Crippen LogP contribution in [0.2, 0.25) is 0 Å². The number of carbonyl (C=O) groups excluding carboxylic acids is 3. The fraction of sp³-hybridized carbons (Fsp3) is 0.609. The third-order valence-corrected chi connectivity index (χ3v) is 6.67. The Bertz CT molecular complexity index is 912. The minimum atomic E-state index is -2.11. The van der Waals surface area contributed by atoms with Crippen LogP contribution >= 0.6 is 23.5 Å². The van der Waals surface area contributed by atoms with Crippen molar-refractivity contribution in [1.29, 1.82) is 0 Å². The summed E-state index contributed by atoms with van der Waals surface area (Å²) in [6.07, 6.45) is -0.452. The van der Waals surface area contributed by atoms with Gasteiger partial charge >= 0.3 is 5.97 Å². The average Bonchev–Trinajstić information content (AvgIpc) is 2.85. The minimum Gasteiger partial charge on any atom is -0.423 e. The molecule has 0 saturated carbocycles. The number of nitrogens with one attached hydrogen (secondary N) is 2. The Kier molecular flexibility index (Phi) is 15.6. The van der Waals surface area contributed by atoms with Crippen LogP contribution in [0.15, 0.2) is 6.07 Å². The molecule has 0 spiro atoms. The van der Waals surface area contributed by atoms with Crippen molar-refractivity contribution in [2.75, 3.05) is 31.3 Å². The third-order valence-electron chi connectivity index (χ3n) is 4.60. The molecule has 0 aliphatic carbocycles. The van der Waals surface area contributed by atoms with Gasteiger partial charge in [-0.2, -0.15) is 4.39 Å². The number of benzene rings is 1. The third kappa shape index (κ3) is 12.9. The predicted octanol–water partition coefficient (Wildman–Crippen LogP) is 3.76. The van der Waals surface area contributed by atoms with E-state index < -0.39 is 47.5 Å². The molecule has 0 radical (unpaired) electrons. The molecule has 0 aliphatic rings. The van der Waals surface area contributed by atoms with Gasteiger partial charge in [0.05, 0.1) is 11.5 Å². The molecule has 0 aromatic heterocycles. The number of carbonyl (C=O) groups is 3. The van der Waals surface area contributed by atoms with E-state index in [1.165, 1.54) is 23.5 Å². The van der Waals surface area contributed by atoms with Gasteiger partial charge in [-0.25, -0.2) is 13.2 Å². The first-order chi connectivity index (χ1) is 17.5. The smallest absolute Gasteiger partial charge is 0.311 e. The van der Waals surface area contributed by atoms with Gasteiger partial charge in [-0.15, -0.1) is 23.5 Å². The van der Waals surface area contributed by atoms with Crippen molar-refractivity contribution in [3.05, 3.63) is 29.3 Å². The van der Waals surface area contributed by atoms with Crippen LogP contribution in [0.3, 0.4) is 0 Å². The topological polar surface area (TPSA) is 103 Å². The first kappa shape index (κ1) is 33.0. The molecule has 1 aromatic carbocycles. The number of amides is 2. The standard InChI is InChI=1S/C23H32F4N2O6S2/c1-5-33-13(3)36-11-18(30)28-10-15(29-19(31)12-37-14(4)34-6-2)7-8-20(32)35-17-9-16(24)21(25)23(27)22(17)26/h9,13-15H,5-8,10-12H2,1-4H3,(H,28,30)(H,29,31)/t13-,14-,15?/m0/s1. The largest absolute Gasteiger partial charge is 0.423 e. The molecule has 3 atom stereocenters. The monoisotopic (exact) mass is 572 g/mol. The summed E-state index contributed by atoms with van der Waals surface area (Å²) in [6, 6.07) is -0.490. The number of esters is 1. The van der Waals surface area contributed by atoms with E-state index in [0.29, 0.717) is 13.2 Å². The molecule has 1 rings (SSSR count). The van der Waals surface area contributed by atoms with E-state index in [1.807, 2.05) is 13.8 Å². The van der Waals surface area contributed by atoms with E-state index in [2.05, 4.69) is 15.4 Å². The summed E-state index contributed by atoms with van der Waals surface area (Å²) in [5, 5.41) is 5.36. The first-order valence-electron chi connectivity index (χ1n) is 11.5. The molecule has 37 heavy (non-hydrogen) atoms. The molecule has 2 amide bonds. The number of thioether (sulfide) groups is 2. The molecule has 0 saturated heterocycles. The Labute approximate surface area is 221 Å². The highest BCUT2D eigenvalue weighted by atomic mass is 32.2. The molecule has 2 N–H and O–H groups in total. The van der Waals surface area contributed by atoms with E-state index in [4.69, 9.17) is 9.47 Å². The number of halogens is 4. The van der Waals surface area contributed by atoms with Gasteiger partial charge in [-0.1, -0.05) is 0 Å². The zero-order valence-corrected chi connectivity index (χ0v) is 22.7. The molecule has 0 fully saturated rings. The number of hydrogen-bond acceptors (Lipinski definition) is 8. The summed E-state index contributed by atoms with van der Waals surface area (Å²) < 4.78 is 69.0. The van der Waals surface area contributed by atoms with Crippen molar-refractivity contribution in [3.63, 3.8) is 0 Å². The summed E-state index contributed by atoms with van der Waals surface area (Å²) in [5.41, 5.74) is -0.411. The first-order valence-corrected chi connectivity index (χ1v) is 13.6. The molecular weight excluding hydrogens is 540 g/mol. The quantitative estimate of drug-likeness (QED) is 0.0727. The van der Waals surface area contributed by atoms with Crippen molar-refractivity contribution >= 4 is 41.3 Å². The Balaban J connectivity index is 2.72. The molecule has 210 valence electrons. The van der Waals surface area contributed by atoms with Gasteiger partial charge in [-0.05, 0) is 34.1 Å². The minimum absolute atomic E-state index is 0.0265. The van der Waals surface area contributed by atoms with Crippen LogP contribution in [0, 0.1) is 23.3 Å². The lowest BCUT2D eigenvalue weighted by Gasteiger charge is -2.20. The second-order valence-corrected chi connectivity index (χ2v) is 10.1. The van der Waals surface area contributed by atoms with Gasteiger partial charge in [0.25, 0.3) is 0 Å². The van der Waals surface area contributed by atoms with Gasteiger partial charge in [-0.3, -0.25) is 14.4 Å². The maximum absolute atomic E-state index is 13.8. The van der Waals surface area contributed by atoms with Crippen molar-refractivity contribution in [1.82, 2.24) is 10.6 Å². The molecule has 0 heterocycles. The SMILES string of the molecule is CCO[C@H](C)SCC(=O)NCC(CCC(=O)Oc1cc(F)c(F)c(F)c1F)NC(=O)CS[C@@H](C)OCC. The van der Waals surface area contributed by atoms with Crippen LogP contribution < -0.4 is 15.4 Å². The van der Waals surface area contributed by atoms with E-state index in [1.54, 1.807) is 13.8 Å². The lowest BCUT2D eigenvalue weighted by molar-refractivity contribution is -0.135. The average molecular weight is 573 g/mol. The van der Waals surface area contributed by atoms with E-state index in [9.17, 15) is 31.9 Å². The molecule has 0 bridgehead atoms. The van der Waals surface area contributed by atoms with E-state index in [-0.39, 0.29) is 53.2 Å². The van der Waals surface area contributed by atoms with Crippen molar-refractivity contribution in [2.45, 2.75) is 57.5 Å². The van der Waals surface area contributed by atoms with Gasteiger partial charge in [0.2, 0.25) is 23.4 Å². The van der Waals surface area contributed by atoms with E-state index in [0.717, 1.165) is 0 Å². The Morgan fingerprint density at radius 2 is 1.46 bits per heavy atom. The second kappa shape index (κ2) is 17.5. The van der Waals surface area contributed by atoms with Gasteiger partial charge in [0, 0.05) is 38.3 Å². The lowest BCUT2D eigenvalue weighted by atomic mass is 10.1. The summed E-state index contributed by atoms with van der Waals surface area (Å²) >= 11 is 2.53. The van der Waals surface area contributed by atoms with Crippen LogP contribution in [0.5, 0.6) is 5.75 Å². The van der Waals surface area contributed by atoms with E-state index >= 15 is 0 Å². The van der Waals surface area contributed by atoms with Crippen LogP contribution in [-0.2, 0) is 23.9 Å². The molecule has 0 aliphatic heterocycles. The molecule has 1 unspecified atom stereocenters. The summed E-state index contributed by atoms with van der Waals surface area (Å²) in [5.74, 6) is -10.4. The van der Waals surface area contributed by atoms with Crippen molar-refractivity contribution < 1.29 is 46.2 Å². The molecule has 1 aromatic rings. The number of rotatable bonds is 17. The maximum atomic E-state index is 13.8. The van der Waals surface area contributed by atoms with Crippen LogP contribution in [0.25, 0.3) is 0 Å². The highest BCUT2D eigenvalue weighted by Gasteiger charge is 2.23. The highest BCUT2D eigenvalue weighted by Crippen LogP contribution is 2.25. The predicted molar refractivity (Wildman–Crippen MR) is 133 cm³/mol. The van der Waals surface area contributed by atoms with Gasteiger partial charge < -0.3 is 24.8 Å². The zero-order chi connectivity index (χ0) is 28.0. The maximum Gasteiger partial charge on any atom is 0.311 e. The molecule has 14 heteroatoms. The van der Waals surface area contributed by atoms with Crippen LogP contribution in [0.1, 0.15) is 40.5 Å². The summed E-state index contributed by atoms with van der Waals surface area (Å²) in [7, 11) is 0. The zero-order valence-electron chi connectivity index (χ0n) is 21.0. The highest BCUT2D eigenvalue weighted by molar-refractivity contribution is 8.00. The van der Waals surface area contributed by atoms with Crippen molar-refractivity contribution in [2.24, 2.45) is 0 Å². The van der Waals surface area contributed by atoms with Crippen molar-refractivity contribution in [3.8, 4) is 5.75 Å². The summed E-state index contributed by atoms with van der Waals surface area (Å²) in [6.45, 7) is 8.20. The fourth-order valence-electron chi connectivity index (χ4n) is 2.83. The van der Waals surface area contributed by atoms with Gasteiger partial charge in [0.15, 0.2) is 17.4 Å². The van der Waals surface area contributed by atoms with Gasteiger partial charge in [0.1, 0.15) is 10.9 Å². The lowest BCUT2D eigenvalue weighted by Crippen LogP contribution is -2.45. The number of ether oxygens (including phenoxy) is 3. The van der Waals surface area contributed by atoms with Crippen LogP contribution in [0.4, 0.5) is 17.6 Å². The Morgan fingerprint density at radius 1 is 0.892 bits per heavy atom. The Hall–Kier alpha value is -2.03. The normalized spacial score (nSPS) is 13.5. The number of hydrogen-bond donors (Lipinski definition) is 2. The summed E-state index contributed by atoms with van der Waals surface area (Å²) in [4.78, 5) is 36.7. The Morgan fingerprint density at radius 3 is 2.03 bits per heavy atom. The van der Waals surface area contributed by atoms with Crippen LogP contribution in [-0.4, -0.2) is 66.0 Å². The fourth-order valence-corrected chi connectivity index (χ4v) is 4.25. The molecular formula is C23H32F4N2O6S2. The second-order valence-electron chi connectivity index (χ2n) is 7.55.